The molecule has 4 fully saturated rings. The monoisotopic (exact) mass is 706 g/mol. The van der Waals surface area contributed by atoms with Crippen LogP contribution >= 0.6 is 0 Å². The lowest BCUT2D eigenvalue weighted by Gasteiger charge is -2.57. The second kappa shape index (κ2) is 17.5. The summed E-state index contributed by atoms with van der Waals surface area (Å²) in [5.74, 6) is 5.63. The molecule has 0 unspecified atom stereocenters. The topological polar surface area (TPSA) is 95.5 Å². The summed E-state index contributed by atoms with van der Waals surface area (Å²) in [4.78, 5) is 14.1. The summed E-state index contributed by atoms with van der Waals surface area (Å²) >= 11 is 0. The zero-order chi connectivity index (χ0) is 35.7. The van der Waals surface area contributed by atoms with Crippen LogP contribution in [0.1, 0.15) is 80.1 Å². The van der Waals surface area contributed by atoms with Crippen molar-refractivity contribution in [1.82, 2.24) is 0 Å². The fraction of sp³-hybridized carbons (Fsp3) is 0.537. The lowest BCUT2D eigenvalue weighted by Crippen LogP contribution is -2.54. The molecule has 9 heteroatoms. The van der Waals surface area contributed by atoms with Crippen LogP contribution in [0.15, 0.2) is 69.3 Å². The third-order valence-corrected chi connectivity index (χ3v) is 12.0. The highest BCUT2D eigenvalue weighted by molar-refractivity contribution is 7.97. The van der Waals surface area contributed by atoms with Gasteiger partial charge in [0.2, 0.25) is 0 Å². The molecule has 0 heterocycles. The lowest BCUT2D eigenvalue weighted by atomic mass is 9.49. The maximum atomic E-state index is 11.1. The third kappa shape index (κ3) is 8.42. The van der Waals surface area contributed by atoms with Crippen LogP contribution in [0.3, 0.4) is 0 Å². The van der Waals surface area contributed by atoms with Gasteiger partial charge in [-0.25, -0.2) is 0 Å². The molecule has 0 atom stereocenters. The molecule has 3 aromatic rings. The van der Waals surface area contributed by atoms with Gasteiger partial charge in [0.25, 0.3) is 9.79 Å². The van der Waals surface area contributed by atoms with Crippen molar-refractivity contribution >= 4 is 16.9 Å². The van der Waals surface area contributed by atoms with E-state index in [4.69, 9.17) is 28.4 Å². The quantitative estimate of drug-likeness (QED) is 0.138. The Morgan fingerprint density at radius 1 is 0.600 bits per heavy atom. The minimum atomic E-state index is -0.758. The molecule has 0 aliphatic heterocycles. The zero-order valence-electron chi connectivity index (χ0n) is 30.6. The molecule has 8 nitrogen and oxygen atoms in total. The van der Waals surface area contributed by atoms with Crippen molar-refractivity contribution in [2.75, 3.05) is 39.6 Å². The minimum Gasteiger partial charge on any atom is -0.550 e. The van der Waals surface area contributed by atoms with Crippen molar-refractivity contribution in [3.05, 3.63) is 54.6 Å². The first-order chi connectivity index (χ1) is 24.3. The summed E-state index contributed by atoms with van der Waals surface area (Å²) in [6.45, 7) is 14.9. The molecule has 3 aromatic carbocycles. The smallest absolute Gasteiger partial charge is 0.250 e. The summed E-state index contributed by atoms with van der Waals surface area (Å²) in [5, 5.41) is 11.1. The average molecular weight is 707 g/mol. The van der Waals surface area contributed by atoms with E-state index in [1.165, 1.54) is 19.3 Å². The van der Waals surface area contributed by atoms with Crippen LogP contribution in [0, 0.1) is 23.2 Å². The second-order valence-electron chi connectivity index (χ2n) is 13.2. The Kier molecular flexibility index (Phi) is 13.1. The van der Waals surface area contributed by atoms with E-state index in [-0.39, 0.29) is 0 Å². The number of aliphatic carboxylic acids is 1. The Bertz CT molecular complexity index is 1400. The Labute approximate surface area is 301 Å². The number of rotatable bonds is 16. The lowest BCUT2D eigenvalue weighted by molar-refractivity contribution is -0.327. The SMILES string of the molecule is CCOc1cc(OCC)c([S+](c2ccccc2)c2c(OCC)cc(OCC)cc2OCC)c(OCC)c1.O=C([O-])C12CC3CC(CC(C3)C1)C2. The Balaban J connectivity index is 0.000000306. The highest BCUT2D eigenvalue weighted by atomic mass is 32.2. The predicted molar refractivity (Wildman–Crippen MR) is 194 cm³/mol. The molecule has 0 saturated heterocycles. The summed E-state index contributed by atoms with van der Waals surface area (Å²) in [6, 6.07) is 18.1. The summed E-state index contributed by atoms with van der Waals surface area (Å²) in [7, 11) is -0.702. The largest absolute Gasteiger partial charge is 0.550 e. The van der Waals surface area contributed by atoms with Gasteiger partial charge in [-0.05, 0) is 110 Å². The van der Waals surface area contributed by atoms with Crippen molar-refractivity contribution in [2.45, 2.75) is 94.8 Å². The van der Waals surface area contributed by atoms with Crippen molar-refractivity contribution in [1.29, 1.82) is 0 Å². The number of carboxylic acids is 1. The van der Waals surface area contributed by atoms with Gasteiger partial charge in [0, 0.05) is 35.6 Å². The first-order valence-electron chi connectivity index (χ1n) is 18.4. The fourth-order valence-corrected chi connectivity index (χ4v) is 10.7. The van der Waals surface area contributed by atoms with Gasteiger partial charge in [0.15, 0.2) is 27.9 Å². The first kappa shape index (κ1) is 37.5. The van der Waals surface area contributed by atoms with E-state index in [9.17, 15) is 9.90 Å². The zero-order valence-corrected chi connectivity index (χ0v) is 31.4. The number of carbonyl (C=O) groups is 1. The van der Waals surface area contributed by atoms with Crippen molar-refractivity contribution < 1.29 is 38.3 Å². The van der Waals surface area contributed by atoms with Crippen molar-refractivity contribution in [3.63, 3.8) is 0 Å². The molecule has 272 valence electrons. The molecule has 50 heavy (non-hydrogen) atoms. The van der Waals surface area contributed by atoms with Gasteiger partial charge in [-0.2, -0.15) is 0 Å². The Morgan fingerprint density at radius 3 is 1.24 bits per heavy atom. The van der Waals surface area contributed by atoms with E-state index in [0.29, 0.717) is 91.9 Å². The van der Waals surface area contributed by atoms with Gasteiger partial charge in [0.05, 0.1) is 39.6 Å². The van der Waals surface area contributed by atoms with Crippen LogP contribution < -0.4 is 33.5 Å². The Hall–Kier alpha value is -3.72. The van der Waals surface area contributed by atoms with Crippen LogP contribution in [0.2, 0.25) is 0 Å². The van der Waals surface area contributed by atoms with E-state index < -0.39 is 22.3 Å². The summed E-state index contributed by atoms with van der Waals surface area (Å²) in [5.41, 5.74) is -0.394. The van der Waals surface area contributed by atoms with Gasteiger partial charge in [-0.1, -0.05) is 18.2 Å². The predicted octanol–water partition coefficient (Wildman–Crippen LogP) is 8.13. The van der Waals surface area contributed by atoms with E-state index in [0.717, 1.165) is 33.9 Å². The van der Waals surface area contributed by atoms with Crippen LogP contribution in [0.4, 0.5) is 0 Å². The van der Waals surface area contributed by atoms with Crippen molar-refractivity contribution in [3.8, 4) is 34.5 Å². The molecule has 0 spiro atoms. The molecule has 4 aliphatic carbocycles. The van der Waals surface area contributed by atoms with Crippen LogP contribution in [0.5, 0.6) is 34.5 Å². The van der Waals surface area contributed by atoms with Gasteiger partial charge < -0.3 is 38.3 Å². The molecule has 0 radical (unpaired) electrons. The number of carboxylic acid groups (broad SMARTS) is 1. The fourth-order valence-electron chi connectivity index (χ4n) is 8.31. The average Bonchev–Trinajstić information content (AvgIpc) is 3.08. The molecule has 0 aromatic heterocycles. The van der Waals surface area contributed by atoms with Crippen LogP contribution in [-0.2, 0) is 15.7 Å². The molecule has 4 bridgehead atoms. The summed E-state index contributed by atoms with van der Waals surface area (Å²) in [6.07, 6.45) is 6.65. The van der Waals surface area contributed by atoms with Crippen LogP contribution in [-0.4, -0.2) is 45.6 Å². The molecule has 0 amide bonds. The summed E-state index contributed by atoms with van der Waals surface area (Å²) < 4.78 is 36.7. The third-order valence-electron chi connectivity index (χ3n) is 9.67. The number of hydrogen-bond donors (Lipinski definition) is 0. The standard InChI is InChI=1S/C30H39O6S.C11H16O2/c1-7-31-22-18-25(33-9-3)29(26(19-22)34-10-4)37(24-16-14-13-15-17-24)30-27(35-11-5)20-23(32-8-2)21-28(30)36-12-6;12-10(13)11-4-7-1-8(5-11)3-9(2-7)6-11/h13-21H,7-12H2,1-6H3;7-9H,1-6H2,(H,12,13)/q+1;/p-1. The molecule has 4 saturated carbocycles. The van der Waals surface area contributed by atoms with E-state index in [1.54, 1.807) is 0 Å². The van der Waals surface area contributed by atoms with Gasteiger partial charge in [0.1, 0.15) is 22.4 Å². The van der Waals surface area contributed by atoms with Crippen molar-refractivity contribution in [2.24, 2.45) is 23.2 Å². The normalized spacial score (nSPS) is 21.6. The number of ether oxygens (including phenoxy) is 6. The van der Waals surface area contributed by atoms with E-state index >= 15 is 0 Å². The number of carbonyl (C=O) groups excluding carboxylic acids is 1. The molecule has 4 aliphatic rings. The highest BCUT2D eigenvalue weighted by Crippen LogP contribution is 2.59. The number of hydrogen-bond acceptors (Lipinski definition) is 8. The van der Waals surface area contributed by atoms with E-state index in [2.05, 4.69) is 12.1 Å². The van der Waals surface area contributed by atoms with Gasteiger partial charge in [-0.3, -0.25) is 0 Å². The van der Waals surface area contributed by atoms with Gasteiger partial charge in [-0.15, -0.1) is 0 Å². The molecule has 0 N–H and O–H groups in total. The molecule has 7 rings (SSSR count). The first-order valence-corrected chi connectivity index (χ1v) is 19.6. The maximum absolute atomic E-state index is 11.1. The Morgan fingerprint density at radius 2 is 0.940 bits per heavy atom. The minimum absolute atomic E-state index is 0.394. The second-order valence-corrected chi connectivity index (χ2v) is 15.1. The maximum Gasteiger partial charge on any atom is 0.250 e. The molecular weight excluding hydrogens is 653 g/mol. The van der Waals surface area contributed by atoms with Crippen LogP contribution in [0.25, 0.3) is 0 Å². The van der Waals surface area contributed by atoms with Gasteiger partial charge >= 0.3 is 0 Å². The molecular formula is C41H54O8S. The van der Waals surface area contributed by atoms with E-state index in [1.807, 2.05) is 84.0 Å². The number of benzene rings is 3. The highest BCUT2D eigenvalue weighted by Gasteiger charge is 2.51.